The van der Waals surface area contributed by atoms with Gasteiger partial charge in [-0.05, 0) is 32.4 Å². The summed E-state index contributed by atoms with van der Waals surface area (Å²) in [7, 11) is 2.18. The summed E-state index contributed by atoms with van der Waals surface area (Å²) >= 11 is 0. The summed E-state index contributed by atoms with van der Waals surface area (Å²) in [6, 6.07) is 0. The van der Waals surface area contributed by atoms with Crippen LogP contribution >= 0.6 is 0 Å². The zero-order chi connectivity index (χ0) is 9.97. The first kappa shape index (κ1) is 9.52. The van der Waals surface area contributed by atoms with Gasteiger partial charge in [0.05, 0.1) is 0 Å². The Morgan fingerprint density at radius 1 is 1.64 bits per heavy atom. The van der Waals surface area contributed by atoms with Crippen molar-refractivity contribution < 1.29 is 0 Å². The van der Waals surface area contributed by atoms with Gasteiger partial charge in [-0.15, -0.1) is 0 Å². The van der Waals surface area contributed by atoms with E-state index < -0.39 is 0 Å². The predicted octanol–water partition coefficient (Wildman–Crippen LogP) is 0.807. The van der Waals surface area contributed by atoms with Crippen LogP contribution in [-0.4, -0.2) is 34.6 Å². The molecule has 1 unspecified atom stereocenters. The molecule has 78 valence electrons. The standard InChI is InChI=1S/C10H18N4/c1-13-5-2-3-9(7-13)8-14-6-4-12-10(14)11/h4,6,9H,2-3,5,7-8H2,1H3,(H2,11,12). The fourth-order valence-corrected chi connectivity index (χ4v) is 2.20. The van der Waals surface area contributed by atoms with Gasteiger partial charge in [0.25, 0.3) is 0 Å². The van der Waals surface area contributed by atoms with Gasteiger partial charge >= 0.3 is 0 Å². The summed E-state index contributed by atoms with van der Waals surface area (Å²) in [5.74, 6) is 1.36. The molecule has 1 saturated heterocycles. The van der Waals surface area contributed by atoms with Crippen molar-refractivity contribution in [2.24, 2.45) is 5.92 Å². The Hall–Kier alpha value is -1.03. The molecule has 0 bridgehead atoms. The Balaban J connectivity index is 1.94. The van der Waals surface area contributed by atoms with Crippen LogP contribution in [0.3, 0.4) is 0 Å². The third kappa shape index (κ3) is 2.07. The van der Waals surface area contributed by atoms with Crippen LogP contribution in [0, 0.1) is 5.92 Å². The second kappa shape index (κ2) is 4.00. The van der Waals surface area contributed by atoms with E-state index in [1.165, 1.54) is 25.9 Å². The molecule has 0 amide bonds. The third-order valence-corrected chi connectivity index (χ3v) is 2.92. The summed E-state index contributed by atoms with van der Waals surface area (Å²) in [6.45, 7) is 3.42. The van der Waals surface area contributed by atoms with E-state index >= 15 is 0 Å². The maximum Gasteiger partial charge on any atom is 0.200 e. The Bertz CT molecular complexity index is 294. The molecule has 0 aliphatic carbocycles. The lowest BCUT2D eigenvalue weighted by Crippen LogP contribution is -2.34. The van der Waals surface area contributed by atoms with Crippen LogP contribution in [0.5, 0.6) is 0 Å². The van der Waals surface area contributed by atoms with Gasteiger partial charge in [0.1, 0.15) is 0 Å². The molecule has 2 heterocycles. The minimum absolute atomic E-state index is 0.637. The number of nitrogen functional groups attached to an aromatic ring is 1. The van der Waals surface area contributed by atoms with Crippen LogP contribution in [0.15, 0.2) is 12.4 Å². The van der Waals surface area contributed by atoms with E-state index in [0.717, 1.165) is 12.5 Å². The largest absolute Gasteiger partial charge is 0.369 e. The van der Waals surface area contributed by atoms with Gasteiger partial charge in [0, 0.05) is 25.5 Å². The lowest BCUT2D eigenvalue weighted by atomic mass is 9.98. The summed E-state index contributed by atoms with van der Waals surface area (Å²) in [5, 5.41) is 0. The highest BCUT2D eigenvalue weighted by molar-refractivity contribution is 5.16. The maximum atomic E-state index is 5.73. The number of hydrogen-bond donors (Lipinski definition) is 1. The fraction of sp³-hybridized carbons (Fsp3) is 0.700. The predicted molar refractivity (Wildman–Crippen MR) is 56.9 cm³/mol. The topological polar surface area (TPSA) is 47.1 Å². The average Bonchev–Trinajstić information content (AvgIpc) is 2.52. The molecule has 1 fully saturated rings. The van der Waals surface area contributed by atoms with E-state index in [4.69, 9.17) is 5.73 Å². The SMILES string of the molecule is CN1CCCC(Cn2ccnc2N)C1. The third-order valence-electron chi connectivity index (χ3n) is 2.92. The molecule has 1 aliphatic heterocycles. The molecule has 4 nitrogen and oxygen atoms in total. The van der Waals surface area contributed by atoms with E-state index in [9.17, 15) is 0 Å². The molecule has 14 heavy (non-hydrogen) atoms. The van der Waals surface area contributed by atoms with Crippen LogP contribution in [0.4, 0.5) is 5.95 Å². The molecule has 0 spiro atoms. The molecule has 2 N–H and O–H groups in total. The number of aromatic nitrogens is 2. The van der Waals surface area contributed by atoms with Gasteiger partial charge in [-0.3, -0.25) is 0 Å². The van der Waals surface area contributed by atoms with E-state index in [1.807, 2.05) is 10.8 Å². The summed E-state index contributed by atoms with van der Waals surface area (Å²) in [5.41, 5.74) is 5.73. The zero-order valence-electron chi connectivity index (χ0n) is 8.69. The average molecular weight is 194 g/mol. The molecule has 1 atom stereocenters. The number of anilines is 1. The van der Waals surface area contributed by atoms with Gasteiger partial charge < -0.3 is 15.2 Å². The molecule has 0 saturated carbocycles. The smallest absolute Gasteiger partial charge is 0.200 e. The van der Waals surface area contributed by atoms with Gasteiger partial charge in [-0.25, -0.2) is 4.98 Å². The number of rotatable bonds is 2. The highest BCUT2D eigenvalue weighted by Gasteiger charge is 2.17. The van der Waals surface area contributed by atoms with Crippen LogP contribution in [0.25, 0.3) is 0 Å². The quantitative estimate of drug-likeness (QED) is 0.757. The van der Waals surface area contributed by atoms with Gasteiger partial charge in [-0.2, -0.15) is 0 Å². The molecule has 1 aliphatic rings. The second-order valence-corrected chi connectivity index (χ2v) is 4.21. The molecule has 1 aromatic heterocycles. The van der Waals surface area contributed by atoms with Crippen molar-refractivity contribution in [2.45, 2.75) is 19.4 Å². The molecule has 4 heteroatoms. The summed E-state index contributed by atoms with van der Waals surface area (Å²) < 4.78 is 2.05. The van der Waals surface area contributed by atoms with E-state index in [1.54, 1.807) is 6.20 Å². The number of hydrogen-bond acceptors (Lipinski definition) is 3. The monoisotopic (exact) mass is 194 g/mol. The van der Waals surface area contributed by atoms with Gasteiger partial charge in [0.2, 0.25) is 0 Å². The first-order valence-electron chi connectivity index (χ1n) is 5.21. The highest BCUT2D eigenvalue weighted by atomic mass is 15.2. The second-order valence-electron chi connectivity index (χ2n) is 4.21. The number of nitrogens with two attached hydrogens (primary N) is 1. The van der Waals surface area contributed by atoms with Crippen LogP contribution in [0.2, 0.25) is 0 Å². The highest BCUT2D eigenvalue weighted by Crippen LogP contribution is 2.17. The van der Waals surface area contributed by atoms with E-state index in [2.05, 4.69) is 16.9 Å². The zero-order valence-corrected chi connectivity index (χ0v) is 8.69. The first-order valence-corrected chi connectivity index (χ1v) is 5.21. The molecule has 1 aromatic rings. The molecule has 0 radical (unpaired) electrons. The van der Waals surface area contributed by atoms with Crippen molar-refractivity contribution in [1.29, 1.82) is 0 Å². The summed E-state index contributed by atoms with van der Waals surface area (Å²) in [6.07, 6.45) is 6.34. The molecule has 0 aromatic carbocycles. The van der Waals surface area contributed by atoms with Crippen molar-refractivity contribution >= 4 is 5.95 Å². The van der Waals surface area contributed by atoms with Crippen molar-refractivity contribution in [3.05, 3.63) is 12.4 Å². The molecular weight excluding hydrogens is 176 g/mol. The number of nitrogens with zero attached hydrogens (tertiary/aromatic N) is 3. The Morgan fingerprint density at radius 3 is 3.14 bits per heavy atom. The first-order chi connectivity index (χ1) is 6.75. The fourth-order valence-electron chi connectivity index (χ4n) is 2.20. The van der Waals surface area contributed by atoms with E-state index in [0.29, 0.717) is 5.95 Å². The number of likely N-dealkylation sites (tertiary alicyclic amines) is 1. The minimum Gasteiger partial charge on any atom is -0.369 e. The Kier molecular flexibility index (Phi) is 2.72. The summed E-state index contributed by atoms with van der Waals surface area (Å²) in [4.78, 5) is 6.42. The molecular formula is C10H18N4. The Labute approximate surface area is 84.7 Å². The lowest BCUT2D eigenvalue weighted by molar-refractivity contribution is 0.195. The lowest BCUT2D eigenvalue weighted by Gasteiger charge is -2.29. The molecule has 2 rings (SSSR count). The van der Waals surface area contributed by atoms with Gasteiger partial charge in [-0.1, -0.05) is 0 Å². The van der Waals surface area contributed by atoms with E-state index in [-0.39, 0.29) is 0 Å². The normalized spacial score (nSPS) is 23.9. The van der Waals surface area contributed by atoms with Crippen molar-refractivity contribution in [3.63, 3.8) is 0 Å². The minimum atomic E-state index is 0.637. The number of imidazole rings is 1. The number of piperidine rings is 1. The van der Waals surface area contributed by atoms with Crippen LogP contribution < -0.4 is 5.73 Å². The Morgan fingerprint density at radius 2 is 2.50 bits per heavy atom. The van der Waals surface area contributed by atoms with Crippen molar-refractivity contribution in [2.75, 3.05) is 25.9 Å². The van der Waals surface area contributed by atoms with Crippen molar-refractivity contribution in [3.8, 4) is 0 Å². The van der Waals surface area contributed by atoms with Crippen molar-refractivity contribution in [1.82, 2.24) is 14.5 Å². The van der Waals surface area contributed by atoms with Crippen LogP contribution in [-0.2, 0) is 6.54 Å². The van der Waals surface area contributed by atoms with Crippen LogP contribution in [0.1, 0.15) is 12.8 Å². The van der Waals surface area contributed by atoms with Gasteiger partial charge in [0.15, 0.2) is 5.95 Å². The maximum absolute atomic E-state index is 5.73.